The number of nitrogens with zero attached hydrogens (tertiary/aromatic N) is 2. The Morgan fingerprint density at radius 3 is 2.86 bits per heavy atom. The fraction of sp³-hybridized carbons (Fsp3) is 0.667. The van der Waals surface area contributed by atoms with E-state index in [2.05, 4.69) is 9.71 Å². The molecule has 2 N–H and O–H groups in total. The van der Waals surface area contributed by atoms with E-state index in [9.17, 15) is 18.3 Å². The van der Waals surface area contributed by atoms with Gasteiger partial charge in [0, 0.05) is 12.7 Å². The van der Waals surface area contributed by atoms with E-state index in [-0.39, 0.29) is 18.2 Å². The maximum Gasteiger partial charge on any atom is 0.313 e. The van der Waals surface area contributed by atoms with Crippen molar-refractivity contribution in [2.45, 2.75) is 38.4 Å². The minimum absolute atomic E-state index is 0.0233. The molecule has 1 aliphatic heterocycles. The molecule has 1 fully saturated rings. The van der Waals surface area contributed by atoms with Crippen molar-refractivity contribution in [2.24, 2.45) is 5.41 Å². The van der Waals surface area contributed by atoms with Gasteiger partial charge in [0.25, 0.3) is 10.0 Å². The monoisotopic (exact) mass is 317 g/mol. The van der Waals surface area contributed by atoms with Crippen molar-refractivity contribution in [3.05, 3.63) is 12.0 Å². The molecule has 118 valence electrons. The van der Waals surface area contributed by atoms with Gasteiger partial charge < -0.3 is 14.4 Å². The molecule has 0 aliphatic carbocycles. The maximum atomic E-state index is 12.3. The molecule has 2 rings (SSSR count). The van der Waals surface area contributed by atoms with Crippen molar-refractivity contribution in [2.75, 3.05) is 13.2 Å². The Bertz CT molecular complexity index is 654. The van der Waals surface area contributed by atoms with Gasteiger partial charge in [-0.3, -0.25) is 4.79 Å². The van der Waals surface area contributed by atoms with Crippen LogP contribution in [0, 0.1) is 12.3 Å². The van der Waals surface area contributed by atoms with Crippen LogP contribution in [0.25, 0.3) is 0 Å². The SMILES string of the molecule is CCn1cc(S(=O)(=O)NC2COCC2(C)C(=O)O)nc1C. The lowest BCUT2D eigenvalue weighted by Gasteiger charge is -2.24. The molecule has 9 heteroatoms. The zero-order chi connectivity index (χ0) is 15.8. The van der Waals surface area contributed by atoms with E-state index in [0.29, 0.717) is 12.4 Å². The van der Waals surface area contributed by atoms with E-state index < -0.39 is 27.4 Å². The first kappa shape index (κ1) is 15.9. The van der Waals surface area contributed by atoms with Crippen molar-refractivity contribution in [3.8, 4) is 0 Å². The second-order valence-corrected chi connectivity index (χ2v) is 6.98. The third-order valence-corrected chi connectivity index (χ3v) is 5.15. The van der Waals surface area contributed by atoms with Crippen LogP contribution in [-0.4, -0.2) is 48.3 Å². The number of nitrogens with one attached hydrogen (secondary N) is 1. The first-order chi connectivity index (χ1) is 9.70. The second kappa shape index (κ2) is 5.39. The average Bonchev–Trinajstić information content (AvgIpc) is 2.94. The number of carboxylic acids is 1. The number of ether oxygens (including phenoxy) is 1. The zero-order valence-corrected chi connectivity index (χ0v) is 13.0. The van der Waals surface area contributed by atoms with E-state index in [0.717, 1.165) is 0 Å². The predicted octanol–water partition coefficient (Wildman–Crippen LogP) is -0.0206. The highest BCUT2D eigenvalue weighted by Gasteiger charge is 2.48. The molecule has 2 unspecified atom stereocenters. The van der Waals surface area contributed by atoms with Gasteiger partial charge in [-0.15, -0.1) is 0 Å². The minimum atomic E-state index is -3.89. The van der Waals surface area contributed by atoms with Gasteiger partial charge in [-0.25, -0.2) is 18.1 Å². The number of imidazole rings is 1. The van der Waals surface area contributed by atoms with Gasteiger partial charge in [0.15, 0.2) is 5.03 Å². The topological polar surface area (TPSA) is 111 Å². The predicted molar refractivity (Wildman–Crippen MR) is 73.3 cm³/mol. The lowest BCUT2D eigenvalue weighted by atomic mass is 9.86. The van der Waals surface area contributed by atoms with Crippen LogP contribution in [0.3, 0.4) is 0 Å². The standard InChI is InChI=1S/C12H19N3O5S/c1-4-15-5-10(13-8(15)2)21(18,19)14-9-6-20-7-12(9,3)11(16)17/h5,9,14H,4,6-7H2,1-3H3,(H,16,17). The molecule has 21 heavy (non-hydrogen) atoms. The summed E-state index contributed by atoms with van der Waals surface area (Å²) in [6.45, 7) is 5.65. The van der Waals surface area contributed by atoms with Crippen LogP contribution in [0.1, 0.15) is 19.7 Å². The Labute approximate surface area is 123 Å². The van der Waals surface area contributed by atoms with Gasteiger partial charge in [-0.1, -0.05) is 0 Å². The molecule has 2 atom stereocenters. The number of hydrogen-bond donors (Lipinski definition) is 2. The van der Waals surface area contributed by atoms with E-state index in [1.807, 2.05) is 6.92 Å². The van der Waals surface area contributed by atoms with Crippen LogP contribution >= 0.6 is 0 Å². The van der Waals surface area contributed by atoms with Crippen LogP contribution in [0.2, 0.25) is 0 Å². The highest BCUT2D eigenvalue weighted by Crippen LogP contribution is 2.29. The molecule has 0 saturated carbocycles. The number of aryl methyl sites for hydroxylation is 2. The van der Waals surface area contributed by atoms with Crippen LogP contribution in [-0.2, 0) is 26.1 Å². The Kier molecular flexibility index (Phi) is 4.09. The molecule has 0 aromatic carbocycles. The number of hydrogen-bond acceptors (Lipinski definition) is 5. The molecule has 0 radical (unpaired) electrons. The summed E-state index contributed by atoms with van der Waals surface area (Å²) in [5.74, 6) is -0.510. The van der Waals surface area contributed by atoms with Crippen molar-refractivity contribution in [1.82, 2.24) is 14.3 Å². The minimum Gasteiger partial charge on any atom is -0.481 e. The van der Waals surface area contributed by atoms with Crippen molar-refractivity contribution in [1.29, 1.82) is 0 Å². The molecular weight excluding hydrogens is 298 g/mol. The fourth-order valence-electron chi connectivity index (χ4n) is 2.22. The largest absolute Gasteiger partial charge is 0.481 e. The Morgan fingerprint density at radius 1 is 1.67 bits per heavy atom. The van der Waals surface area contributed by atoms with E-state index in [4.69, 9.17) is 4.74 Å². The summed E-state index contributed by atoms with van der Waals surface area (Å²) < 4.78 is 33.9. The zero-order valence-electron chi connectivity index (χ0n) is 12.2. The maximum absolute atomic E-state index is 12.3. The molecule has 8 nitrogen and oxygen atoms in total. The van der Waals surface area contributed by atoms with Crippen molar-refractivity contribution < 1.29 is 23.1 Å². The molecular formula is C12H19N3O5S. The first-order valence-corrected chi connectivity index (χ1v) is 8.06. The Hall–Kier alpha value is -1.45. The van der Waals surface area contributed by atoms with Crippen LogP contribution in [0.5, 0.6) is 0 Å². The Balaban J connectivity index is 2.27. The summed E-state index contributed by atoms with van der Waals surface area (Å²) in [6.07, 6.45) is 1.44. The number of aromatic nitrogens is 2. The van der Waals surface area contributed by atoms with Gasteiger partial charge in [0.2, 0.25) is 0 Å². The average molecular weight is 317 g/mol. The van der Waals surface area contributed by atoms with Crippen LogP contribution < -0.4 is 4.72 Å². The smallest absolute Gasteiger partial charge is 0.313 e. The van der Waals surface area contributed by atoms with Crippen LogP contribution in [0.4, 0.5) is 0 Å². The van der Waals surface area contributed by atoms with Gasteiger partial charge in [0.05, 0.1) is 19.3 Å². The lowest BCUT2D eigenvalue weighted by molar-refractivity contribution is -0.148. The number of rotatable bonds is 5. The van der Waals surface area contributed by atoms with Crippen molar-refractivity contribution >= 4 is 16.0 Å². The van der Waals surface area contributed by atoms with Crippen molar-refractivity contribution in [3.63, 3.8) is 0 Å². The number of sulfonamides is 1. The highest BCUT2D eigenvalue weighted by molar-refractivity contribution is 7.89. The number of carbonyl (C=O) groups is 1. The van der Waals surface area contributed by atoms with E-state index in [1.165, 1.54) is 13.1 Å². The third kappa shape index (κ3) is 2.81. The molecule has 0 spiro atoms. The van der Waals surface area contributed by atoms with E-state index >= 15 is 0 Å². The summed E-state index contributed by atoms with van der Waals surface area (Å²) in [7, 11) is -3.89. The van der Waals surface area contributed by atoms with Gasteiger partial charge in [0.1, 0.15) is 11.2 Å². The summed E-state index contributed by atoms with van der Waals surface area (Å²) in [4.78, 5) is 15.3. The third-order valence-electron chi connectivity index (χ3n) is 3.81. The summed E-state index contributed by atoms with van der Waals surface area (Å²) in [5, 5.41) is 9.15. The quantitative estimate of drug-likeness (QED) is 0.789. The molecule has 1 saturated heterocycles. The van der Waals surface area contributed by atoms with Gasteiger partial charge in [-0.05, 0) is 20.8 Å². The number of aliphatic carboxylic acids is 1. The van der Waals surface area contributed by atoms with Gasteiger partial charge >= 0.3 is 5.97 Å². The molecule has 1 aromatic rings. The highest BCUT2D eigenvalue weighted by atomic mass is 32.2. The molecule has 0 bridgehead atoms. The Morgan fingerprint density at radius 2 is 2.33 bits per heavy atom. The molecule has 0 amide bonds. The second-order valence-electron chi connectivity index (χ2n) is 5.32. The number of carboxylic acid groups (broad SMARTS) is 1. The van der Waals surface area contributed by atoms with Crippen LogP contribution in [0.15, 0.2) is 11.2 Å². The normalized spacial score (nSPS) is 26.1. The van der Waals surface area contributed by atoms with E-state index in [1.54, 1.807) is 11.5 Å². The summed E-state index contributed by atoms with van der Waals surface area (Å²) >= 11 is 0. The van der Waals surface area contributed by atoms with Gasteiger partial charge in [-0.2, -0.15) is 0 Å². The summed E-state index contributed by atoms with van der Waals surface area (Å²) in [6, 6.07) is -0.827. The first-order valence-electron chi connectivity index (χ1n) is 6.58. The lowest BCUT2D eigenvalue weighted by Crippen LogP contribution is -2.49. The fourth-order valence-corrected chi connectivity index (χ4v) is 3.57. The molecule has 2 heterocycles. The molecule has 1 aliphatic rings. The molecule has 1 aromatic heterocycles. The summed E-state index contributed by atoms with van der Waals surface area (Å²) in [5.41, 5.74) is -1.28.